The van der Waals surface area contributed by atoms with Crippen molar-refractivity contribution in [2.24, 2.45) is 0 Å². The van der Waals surface area contributed by atoms with Crippen molar-refractivity contribution in [3.63, 3.8) is 0 Å². The lowest BCUT2D eigenvalue weighted by Crippen LogP contribution is -2.47. The van der Waals surface area contributed by atoms with E-state index in [1.807, 2.05) is 48.5 Å². The number of aliphatic hydroxyl groups excluding tert-OH is 1. The highest BCUT2D eigenvalue weighted by molar-refractivity contribution is 6.04. The fourth-order valence-electron chi connectivity index (χ4n) is 4.18. The Kier molecular flexibility index (Phi) is 6.79. The molecule has 0 radical (unpaired) electrons. The molecule has 0 bridgehead atoms. The predicted molar refractivity (Wildman–Crippen MR) is 126 cm³/mol. The van der Waals surface area contributed by atoms with Crippen molar-refractivity contribution >= 4 is 23.7 Å². The Morgan fingerprint density at radius 2 is 1.57 bits per heavy atom. The summed E-state index contributed by atoms with van der Waals surface area (Å²) >= 11 is 0. The minimum atomic E-state index is -1.62. The first-order valence-electron chi connectivity index (χ1n) is 10.9. The molecule has 2 atom stereocenters. The summed E-state index contributed by atoms with van der Waals surface area (Å²) in [6, 6.07) is 17.5. The number of anilines is 1. The number of carboxylic acid groups (broad SMARTS) is 1. The molecule has 1 aliphatic rings. The van der Waals surface area contributed by atoms with E-state index >= 15 is 0 Å². The summed E-state index contributed by atoms with van der Waals surface area (Å²) in [5, 5.41) is 23.2. The summed E-state index contributed by atoms with van der Waals surface area (Å²) in [6.07, 6.45) is -2.38. The summed E-state index contributed by atoms with van der Waals surface area (Å²) in [5.74, 6) is -3.56. The number of fused-ring (bicyclic) bond motifs is 3. The van der Waals surface area contributed by atoms with Crippen molar-refractivity contribution in [3.8, 4) is 11.1 Å². The van der Waals surface area contributed by atoms with E-state index in [2.05, 4.69) is 10.6 Å². The van der Waals surface area contributed by atoms with Crippen LogP contribution in [0, 0.1) is 5.82 Å². The molecule has 0 aromatic heterocycles. The van der Waals surface area contributed by atoms with Crippen molar-refractivity contribution in [2.75, 3.05) is 11.9 Å². The maximum Gasteiger partial charge on any atom is 0.411 e. The van der Waals surface area contributed by atoms with Gasteiger partial charge in [-0.1, -0.05) is 54.6 Å². The number of carbonyl (C=O) groups excluding carboxylic acids is 2. The Labute approximate surface area is 200 Å². The number of para-hydroxylation sites is 1. The molecule has 0 saturated carbocycles. The summed E-state index contributed by atoms with van der Waals surface area (Å²) in [7, 11) is 0. The largest absolute Gasteiger partial charge is 0.480 e. The number of carbonyl (C=O) groups is 3. The monoisotopic (exact) mass is 478 g/mol. The third kappa shape index (κ3) is 4.85. The van der Waals surface area contributed by atoms with Crippen molar-refractivity contribution in [1.29, 1.82) is 0 Å². The lowest BCUT2D eigenvalue weighted by atomic mass is 9.98. The highest BCUT2D eigenvalue weighted by atomic mass is 19.1. The molecule has 0 unspecified atom stereocenters. The highest BCUT2D eigenvalue weighted by Crippen LogP contribution is 2.44. The van der Waals surface area contributed by atoms with Crippen LogP contribution in [0.3, 0.4) is 0 Å². The lowest BCUT2D eigenvalue weighted by molar-refractivity contribution is -0.141. The second-order valence-corrected chi connectivity index (χ2v) is 8.14. The fraction of sp³-hybridized carbons (Fsp3) is 0.192. The molecule has 8 nitrogen and oxygen atoms in total. The van der Waals surface area contributed by atoms with Crippen molar-refractivity contribution in [3.05, 3.63) is 89.2 Å². The fourth-order valence-corrected chi connectivity index (χ4v) is 4.18. The number of aliphatic hydroxyl groups is 1. The third-order valence-electron chi connectivity index (χ3n) is 5.86. The maximum absolute atomic E-state index is 14.5. The van der Waals surface area contributed by atoms with Crippen LogP contribution >= 0.6 is 0 Å². The van der Waals surface area contributed by atoms with Crippen LogP contribution in [0.4, 0.5) is 14.9 Å². The number of hydrogen-bond donors (Lipinski definition) is 4. The molecule has 0 saturated heterocycles. The number of rotatable bonds is 7. The van der Waals surface area contributed by atoms with Gasteiger partial charge in [0.2, 0.25) is 0 Å². The van der Waals surface area contributed by atoms with Crippen molar-refractivity contribution < 1.29 is 33.7 Å². The normalized spacial score (nSPS) is 13.8. The van der Waals surface area contributed by atoms with E-state index in [-0.39, 0.29) is 18.1 Å². The number of nitrogens with one attached hydrogen (secondary N) is 2. The standard InChI is InChI=1S/C26H23FN2O6/c1-14(30)22(25(32)33)28-24(31)19-11-6-12-21(27)23(19)29-26(34)35-13-20-17-9-4-2-7-15(17)16-8-3-5-10-18(16)20/h2-12,14,20,22,30H,13H2,1H3,(H,28,31)(H,29,34)(H,32,33)/t14-,22+/m1/s1. The van der Waals surface area contributed by atoms with Crippen LogP contribution in [0.15, 0.2) is 66.7 Å². The van der Waals surface area contributed by atoms with Crippen LogP contribution < -0.4 is 10.6 Å². The Hall–Kier alpha value is -4.24. The van der Waals surface area contributed by atoms with E-state index in [4.69, 9.17) is 4.74 Å². The number of carboxylic acids is 1. The number of halogens is 1. The molecule has 0 heterocycles. The van der Waals surface area contributed by atoms with Crippen LogP contribution in [0.2, 0.25) is 0 Å². The molecule has 0 aliphatic heterocycles. The van der Waals surface area contributed by atoms with Gasteiger partial charge in [0.1, 0.15) is 12.4 Å². The topological polar surface area (TPSA) is 125 Å². The Balaban J connectivity index is 1.50. The molecule has 3 aromatic carbocycles. The molecule has 9 heteroatoms. The van der Waals surface area contributed by atoms with Gasteiger partial charge in [-0.2, -0.15) is 0 Å². The second-order valence-electron chi connectivity index (χ2n) is 8.14. The predicted octanol–water partition coefficient (Wildman–Crippen LogP) is 3.75. The molecule has 35 heavy (non-hydrogen) atoms. The molecular formula is C26H23FN2O6. The summed E-state index contributed by atoms with van der Waals surface area (Å²) in [4.78, 5) is 36.5. The van der Waals surface area contributed by atoms with E-state index in [9.17, 15) is 29.0 Å². The third-order valence-corrected chi connectivity index (χ3v) is 5.86. The lowest BCUT2D eigenvalue weighted by Gasteiger charge is -2.19. The molecule has 0 spiro atoms. The first-order chi connectivity index (χ1) is 16.8. The van der Waals surface area contributed by atoms with Gasteiger partial charge in [0.05, 0.1) is 17.4 Å². The van der Waals surface area contributed by atoms with E-state index < -0.39 is 41.6 Å². The number of hydrogen-bond acceptors (Lipinski definition) is 5. The van der Waals surface area contributed by atoms with Gasteiger partial charge in [0.25, 0.3) is 5.91 Å². The summed E-state index contributed by atoms with van der Waals surface area (Å²) in [6.45, 7) is 1.18. The van der Waals surface area contributed by atoms with E-state index in [1.54, 1.807) is 0 Å². The average molecular weight is 478 g/mol. The first kappa shape index (κ1) is 23.9. The molecule has 3 aromatic rings. The molecule has 2 amide bonds. The van der Waals surface area contributed by atoms with Crippen LogP contribution in [-0.2, 0) is 9.53 Å². The van der Waals surface area contributed by atoms with Crippen LogP contribution in [0.25, 0.3) is 11.1 Å². The van der Waals surface area contributed by atoms with Gasteiger partial charge in [-0.3, -0.25) is 10.1 Å². The molecule has 180 valence electrons. The zero-order valence-corrected chi connectivity index (χ0v) is 18.7. The minimum absolute atomic E-state index is 0.0149. The number of benzene rings is 3. The highest BCUT2D eigenvalue weighted by Gasteiger charge is 2.30. The van der Waals surface area contributed by atoms with Crippen LogP contribution in [0.1, 0.15) is 34.3 Å². The van der Waals surface area contributed by atoms with E-state index in [0.29, 0.717) is 0 Å². The zero-order valence-electron chi connectivity index (χ0n) is 18.7. The van der Waals surface area contributed by atoms with E-state index in [0.717, 1.165) is 28.3 Å². The van der Waals surface area contributed by atoms with Crippen molar-refractivity contribution in [2.45, 2.75) is 25.0 Å². The zero-order chi connectivity index (χ0) is 25.1. The first-order valence-corrected chi connectivity index (χ1v) is 10.9. The SMILES string of the molecule is C[C@@H](O)[C@H](NC(=O)c1cccc(F)c1NC(=O)OCC1c2ccccc2-c2ccccc21)C(=O)O. The smallest absolute Gasteiger partial charge is 0.411 e. The molecule has 1 aliphatic carbocycles. The Morgan fingerprint density at radius 3 is 2.14 bits per heavy atom. The molecule has 4 N–H and O–H groups in total. The number of aliphatic carboxylic acids is 1. The minimum Gasteiger partial charge on any atom is -0.480 e. The quantitative estimate of drug-likeness (QED) is 0.410. The summed E-state index contributed by atoms with van der Waals surface area (Å²) < 4.78 is 20.0. The van der Waals surface area contributed by atoms with Crippen molar-refractivity contribution in [1.82, 2.24) is 5.32 Å². The van der Waals surface area contributed by atoms with E-state index in [1.165, 1.54) is 19.1 Å². The van der Waals surface area contributed by atoms with Crippen LogP contribution in [0.5, 0.6) is 0 Å². The van der Waals surface area contributed by atoms with Gasteiger partial charge in [-0.25, -0.2) is 14.0 Å². The van der Waals surface area contributed by atoms with Gasteiger partial charge in [-0.15, -0.1) is 0 Å². The van der Waals surface area contributed by atoms with Gasteiger partial charge in [-0.05, 0) is 41.3 Å². The molecule has 4 rings (SSSR count). The molecule has 0 fully saturated rings. The Morgan fingerprint density at radius 1 is 0.971 bits per heavy atom. The molecular weight excluding hydrogens is 455 g/mol. The van der Waals surface area contributed by atoms with Gasteiger partial charge >= 0.3 is 12.1 Å². The van der Waals surface area contributed by atoms with Gasteiger partial charge in [0.15, 0.2) is 6.04 Å². The van der Waals surface area contributed by atoms with Gasteiger partial charge < -0.3 is 20.3 Å². The number of amides is 2. The van der Waals surface area contributed by atoms with Crippen LogP contribution in [-0.4, -0.2) is 46.9 Å². The number of ether oxygens (including phenoxy) is 1. The van der Waals surface area contributed by atoms with Gasteiger partial charge in [0, 0.05) is 5.92 Å². The summed E-state index contributed by atoms with van der Waals surface area (Å²) in [5.41, 5.74) is 3.34. The second kappa shape index (κ2) is 9.94. The average Bonchev–Trinajstić information content (AvgIpc) is 3.15. The maximum atomic E-state index is 14.5. The Bertz CT molecular complexity index is 1250.